The second-order valence-electron chi connectivity index (χ2n) is 2.17. The highest BCUT2D eigenvalue weighted by Gasteiger charge is 2.10. The summed E-state index contributed by atoms with van der Waals surface area (Å²) in [7, 11) is 0. The smallest absolute Gasteiger partial charge is 0.405 e. The fraction of sp³-hybridized carbons (Fsp3) is 0.714. The number of rotatable bonds is 4. The second-order valence-corrected chi connectivity index (χ2v) is 2.17. The van der Waals surface area contributed by atoms with Gasteiger partial charge in [-0.25, -0.2) is 4.79 Å². The van der Waals surface area contributed by atoms with Crippen LogP contribution in [0.25, 0.3) is 0 Å². The van der Waals surface area contributed by atoms with Gasteiger partial charge in [-0.2, -0.15) is 0 Å². The van der Waals surface area contributed by atoms with E-state index in [1.807, 2.05) is 13.8 Å². The van der Waals surface area contributed by atoms with Gasteiger partial charge in [-0.3, -0.25) is 4.79 Å². The first-order chi connectivity index (χ1) is 5.61. The summed E-state index contributed by atoms with van der Waals surface area (Å²) in [6, 6.07) is 0. The Bertz CT molecular complexity index is 166. The fourth-order valence-electron chi connectivity index (χ4n) is 0.800. The Morgan fingerprint density at radius 1 is 1.33 bits per heavy atom. The van der Waals surface area contributed by atoms with Crippen LogP contribution in [0.3, 0.4) is 0 Å². The largest absolute Gasteiger partial charge is 0.440 e. The quantitative estimate of drug-likeness (QED) is 0.649. The summed E-state index contributed by atoms with van der Waals surface area (Å²) in [4.78, 5) is 22.8. The topological polar surface area (TPSA) is 72.6 Å². The molecule has 12 heavy (non-hydrogen) atoms. The number of carbonyl (C=O) groups excluding carboxylic acids is 2. The maximum Gasteiger partial charge on any atom is 0.405 e. The van der Waals surface area contributed by atoms with Crippen LogP contribution >= 0.6 is 0 Å². The van der Waals surface area contributed by atoms with Crippen LogP contribution in [0.2, 0.25) is 0 Å². The molecule has 0 radical (unpaired) electrons. The molecule has 0 bridgehead atoms. The zero-order valence-corrected chi connectivity index (χ0v) is 7.37. The first-order valence-corrected chi connectivity index (χ1v) is 3.81. The lowest BCUT2D eigenvalue weighted by Gasteiger charge is -2.17. The van der Waals surface area contributed by atoms with Gasteiger partial charge >= 0.3 is 6.09 Å². The zero-order chi connectivity index (χ0) is 9.56. The van der Waals surface area contributed by atoms with Crippen LogP contribution in [0.15, 0.2) is 0 Å². The molecule has 0 atom stereocenters. The number of amides is 2. The lowest BCUT2D eigenvalue weighted by molar-refractivity contribution is -0.133. The molecule has 0 heterocycles. The Morgan fingerprint density at radius 2 is 1.83 bits per heavy atom. The van der Waals surface area contributed by atoms with E-state index in [9.17, 15) is 9.59 Å². The molecule has 0 aliphatic rings. The molecular weight excluding hydrogens is 160 g/mol. The zero-order valence-electron chi connectivity index (χ0n) is 7.37. The van der Waals surface area contributed by atoms with E-state index in [1.54, 1.807) is 4.90 Å². The number of ether oxygens (including phenoxy) is 1. The molecule has 0 aliphatic carbocycles. The van der Waals surface area contributed by atoms with Crippen molar-refractivity contribution in [1.82, 2.24) is 4.90 Å². The summed E-state index contributed by atoms with van der Waals surface area (Å²) in [6.45, 7) is 4.66. The van der Waals surface area contributed by atoms with E-state index in [1.165, 1.54) is 0 Å². The average Bonchev–Trinajstić information content (AvgIpc) is 2.03. The van der Waals surface area contributed by atoms with E-state index in [0.717, 1.165) is 0 Å². The molecule has 5 heteroatoms. The monoisotopic (exact) mass is 174 g/mol. The first-order valence-electron chi connectivity index (χ1n) is 3.81. The van der Waals surface area contributed by atoms with Crippen LogP contribution < -0.4 is 5.73 Å². The Kier molecular flexibility index (Phi) is 4.83. The normalized spacial score (nSPS) is 9.17. The highest BCUT2D eigenvalue weighted by atomic mass is 16.5. The third-order valence-corrected chi connectivity index (χ3v) is 1.45. The van der Waals surface area contributed by atoms with Crippen molar-refractivity contribution in [2.75, 3.05) is 19.7 Å². The molecule has 0 rings (SSSR count). The minimum Gasteiger partial charge on any atom is -0.440 e. The molecule has 0 unspecified atom stereocenters. The van der Waals surface area contributed by atoms with Gasteiger partial charge in [-0.15, -0.1) is 0 Å². The molecule has 2 amide bonds. The van der Waals surface area contributed by atoms with E-state index in [-0.39, 0.29) is 12.5 Å². The Morgan fingerprint density at radius 3 is 2.17 bits per heavy atom. The number of likely N-dealkylation sites (N-methyl/N-ethyl adjacent to an activating group) is 1. The Labute approximate surface area is 71.5 Å². The molecular formula is C7H14N2O3. The van der Waals surface area contributed by atoms with E-state index in [4.69, 9.17) is 5.73 Å². The maximum absolute atomic E-state index is 11.1. The maximum atomic E-state index is 11.1. The van der Waals surface area contributed by atoms with Crippen molar-refractivity contribution < 1.29 is 14.3 Å². The van der Waals surface area contributed by atoms with E-state index in [0.29, 0.717) is 13.1 Å². The van der Waals surface area contributed by atoms with Crippen molar-refractivity contribution >= 4 is 12.0 Å². The number of nitrogens with two attached hydrogens (primary N) is 1. The number of nitrogens with zero attached hydrogens (tertiary/aromatic N) is 1. The molecule has 0 saturated heterocycles. The van der Waals surface area contributed by atoms with Gasteiger partial charge in [-0.1, -0.05) is 0 Å². The number of carbonyl (C=O) groups is 2. The van der Waals surface area contributed by atoms with Gasteiger partial charge in [0.15, 0.2) is 6.61 Å². The van der Waals surface area contributed by atoms with Crippen molar-refractivity contribution in [2.45, 2.75) is 13.8 Å². The molecule has 70 valence electrons. The molecule has 0 spiro atoms. The summed E-state index contributed by atoms with van der Waals surface area (Å²) in [6.07, 6.45) is -0.921. The molecule has 5 nitrogen and oxygen atoms in total. The predicted octanol–water partition coefficient (Wildman–Crippen LogP) is -0.0499. The molecule has 0 aromatic rings. The van der Waals surface area contributed by atoms with Gasteiger partial charge in [-0.05, 0) is 13.8 Å². The molecule has 0 aromatic heterocycles. The van der Waals surface area contributed by atoms with Gasteiger partial charge in [0, 0.05) is 13.1 Å². The van der Waals surface area contributed by atoms with Crippen LogP contribution in [0.4, 0.5) is 4.79 Å². The van der Waals surface area contributed by atoms with E-state index < -0.39 is 6.09 Å². The summed E-state index contributed by atoms with van der Waals surface area (Å²) in [5.41, 5.74) is 4.69. The summed E-state index contributed by atoms with van der Waals surface area (Å²) in [5.74, 6) is -0.223. The van der Waals surface area contributed by atoms with Crippen molar-refractivity contribution in [2.24, 2.45) is 5.73 Å². The predicted molar refractivity (Wildman–Crippen MR) is 43.5 cm³/mol. The number of hydrogen-bond donors (Lipinski definition) is 1. The van der Waals surface area contributed by atoms with Crippen molar-refractivity contribution in [3.8, 4) is 0 Å². The minimum absolute atomic E-state index is 0.223. The third-order valence-electron chi connectivity index (χ3n) is 1.45. The highest BCUT2D eigenvalue weighted by Crippen LogP contribution is 1.89. The Balaban J connectivity index is 3.77. The van der Waals surface area contributed by atoms with Crippen LogP contribution in [0, 0.1) is 0 Å². The van der Waals surface area contributed by atoms with Gasteiger partial charge < -0.3 is 15.4 Å². The van der Waals surface area contributed by atoms with Crippen LogP contribution in [0.5, 0.6) is 0 Å². The van der Waals surface area contributed by atoms with Gasteiger partial charge in [0.05, 0.1) is 0 Å². The van der Waals surface area contributed by atoms with Crippen LogP contribution in [0.1, 0.15) is 13.8 Å². The highest BCUT2D eigenvalue weighted by molar-refractivity contribution is 5.79. The molecule has 0 aliphatic heterocycles. The Hall–Kier alpha value is -1.26. The van der Waals surface area contributed by atoms with E-state index in [2.05, 4.69) is 4.74 Å². The molecule has 0 saturated carbocycles. The summed E-state index contributed by atoms with van der Waals surface area (Å²) >= 11 is 0. The van der Waals surface area contributed by atoms with Crippen molar-refractivity contribution in [3.63, 3.8) is 0 Å². The lowest BCUT2D eigenvalue weighted by atomic mass is 10.5. The third kappa shape index (κ3) is 3.80. The van der Waals surface area contributed by atoms with Gasteiger partial charge in [0.1, 0.15) is 0 Å². The standard InChI is InChI=1S/C7H14N2O3/c1-3-9(4-2)6(10)5-12-7(8)11/h3-5H2,1-2H3,(H2,8,11). The molecule has 0 aromatic carbocycles. The molecule has 0 fully saturated rings. The van der Waals surface area contributed by atoms with Gasteiger partial charge in [0.2, 0.25) is 0 Å². The average molecular weight is 174 g/mol. The number of hydrogen-bond acceptors (Lipinski definition) is 3. The second kappa shape index (κ2) is 5.40. The van der Waals surface area contributed by atoms with Gasteiger partial charge in [0.25, 0.3) is 5.91 Å². The summed E-state index contributed by atoms with van der Waals surface area (Å²) in [5, 5.41) is 0. The number of primary amides is 1. The fourth-order valence-corrected chi connectivity index (χ4v) is 0.800. The molecule has 2 N–H and O–H groups in total. The summed E-state index contributed by atoms with van der Waals surface area (Å²) < 4.78 is 4.34. The lowest BCUT2D eigenvalue weighted by Crippen LogP contribution is -2.34. The van der Waals surface area contributed by atoms with Crippen LogP contribution in [-0.2, 0) is 9.53 Å². The van der Waals surface area contributed by atoms with Crippen LogP contribution in [-0.4, -0.2) is 36.6 Å². The minimum atomic E-state index is -0.921. The van der Waals surface area contributed by atoms with Crippen molar-refractivity contribution in [1.29, 1.82) is 0 Å². The van der Waals surface area contributed by atoms with E-state index >= 15 is 0 Å². The van der Waals surface area contributed by atoms with Crippen molar-refractivity contribution in [3.05, 3.63) is 0 Å². The SMILES string of the molecule is CCN(CC)C(=O)COC(N)=O. The first kappa shape index (κ1) is 10.7.